The van der Waals surface area contributed by atoms with Crippen molar-refractivity contribution in [2.24, 2.45) is 0 Å². The number of nitrogens with zero attached hydrogens (tertiary/aromatic N) is 2. The summed E-state index contributed by atoms with van der Waals surface area (Å²) in [6, 6.07) is 13.4. The van der Waals surface area contributed by atoms with Crippen LogP contribution in [0.1, 0.15) is 17.4 Å². The van der Waals surface area contributed by atoms with Gasteiger partial charge in [0.15, 0.2) is 5.13 Å². The number of hydrogen-bond acceptors (Lipinski definition) is 6. The van der Waals surface area contributed by atoms with Crippen LogP contribution in [0.5, 0.6) is 5.75 Å². The van der Waals surface area contributed by atoms with Crippen molar-refractivity contribution in [3.8, 4) is 17.0 Å². The fourth-order valence-electron chi connectivity index (χ4n) is 3.59. The average molecular weight is 485 g/mol. The van der Waals surface area contributed by atoms with Crippen molar-refractivity contribution in [3.63, 3.8) is 0 Å². The monoisotopic (exact) mass is 484 g/mol. The molecular formula is C23H21ClN4O4S. The second kappa shape index (κ2) is 8.84. The number of carbonyl (C=O) groups is 3. The molecule has 1 fully saturated rings. The first-order valence-electron chi connectivity index (χ1n) is 10.0. The number of hydrogen-bond donors (Lipinski definition) is 2. The standard InChI is InChI=1S/C23H21ClN4O4S/c1-13-19(14-4-8-16(24)9-5-14)26-21(33-13)25-18(29)12-28-20(30)23(2,27-22(28)31)15-6-10-17(32-3)11-7-15/h4-11H,12H2,1-3H3,(H,27,31)(H,25,26,29). The summed E-state index contributed by atoms with van der Waals surface area (Å²) in [5, 5.41) is 6.37. The highest BCUT2D eigenvalue weighted by Crippen LogP contribution is 2.32. The maximum absolute atomic E-state index is 13.1. The van der Waals surface area contributed by atoms with Gasteiger partial charge in [0, 0.05) is 15.5 Å². The molecule has 1 unspecified atom stereocenters. The Labute approximate surface area is 199 Å². The van der Waals surface area contributed by atoms with Crippen LogP contribution in [0.2, 0.25) is 5.02 Å². The molecule has 0 saturated carbocycles. The van der Waals surface area contributed by atoms with E-state index in [1.165, 1.54) is 11.3 Å². The smallest absolute Gasteiger partial charge is 0.325 e. The molecule has 0 bridgehead atoms. The molecule has 0 aliphatic carbocycles. The van der Waals surface area contributed by atoms with Crippen molar-refractivity contribution in [2.45, 2.75) is 19.4 Å². The number of urea groups is 1. The molecule has 4 rings (SSSR count). The van der Waals surface area contributed by atoms with Gasteiger partial charge in [0.1, 0.15) is 17.8 Å². The molecule has 0 radical (unpaired) electrons. The Morgan fingerprint density at radius 3 is 2.48 bits per heavy atom. The summed E-state index contributed by atoms with van der Waals surface area (Å²) < 4.78 is 5.14. The summed E-state index contributed by atoms with van der Waals surface area (Å²) in [5.74, 6) is -0.397. The predicted octanol–water partition coefficient (Wildman–Crippen LogP) is 4.19. The van der Waals surface area contributed by atoms with Crippen molar-refractivity contribution < 1.29 is 19.1 Å². The number of ether oxygens (including phenoxy) is 1. The largest absolute Gasteiger partial charge is 0.497 e. The molecule has 10 heteroatoms. The highest BCUT2D eigenvalue weighted by molar-refractivity contribution is 7.16. The molecule has 1 aliphatic heterocycles. The van der Waals surface area contributed by atoms with Gasteiger partial charge in [-0.3, -0.25) is 14.5 Å². The van der Waals surface area contributed by atoms with E-state index in [9.17, 15) is 14.4 Å². The van der Waals surface area contributed by atoms with E-state index in [-0.39, 0.29) is 0 Å². The van der Waals surface area contributed by atoms with Gasteiger partial charge in [0.05, 0.1) is 12.8 Å². The van der Waals surface area contributed by atoms with Crippen LogP contribution in [-0.2, 0) is 15.1 Å². The van der Waals surface area contributed by atoms with Gasteiger partial charge in [-0.1, -0.05) is 35.9 Å². The first-order chi connectivity index (χ1) is 15.7. The number of methoxy groups -OCH3 is 1. The molecule has 1 saturated heterocycles. The van der Waals surface area contributed by atoms with Gasteiger partial charge in [-0.05, 0) is 43.7 Å². The average Bonchev–Trinajstić information content (AvgIpc) is 3.26. The highest BCUT2D eigenvalue weighted by atomic mass is 35.5. The Morgan fingerprint density at radius 1 is 1.18 bits per heavy atom. The van der Waals surface area contributed by atoms with E-state index in [2.05, 4.69) is 15.6 Å². The van der Waals surface area contributed by atoms with Crippen molar-refractivity contribution in [1.29, 1.82) is 0 Å². The van der Waals surface area contributed by atoms with Gasteiger partial charge in [0.25, 0.3) is 5.91 Å². The van der Waals surface area contributed by atoms with E-state index in [4.69, 9.17) is 16.3 Å². The Morgan fingerprint density at radius 2 is 1.85 bits per heavy atom. The predicted molar refractivity (Wildman–Crippen MR) is 127 cm³/mol. The molecule has 170 valence electrons. The van der Waals surface area contributed by atoms with Crippen LogP contribution >= 0.6 is 22.9 Å². The second-order valence-corrected chi connectivity index (χ2v) is 9.29. The Bertz CT molecular complexity index is 1230. The van der Waals surface area contributed by atoms with E-state index in [1.54, 1.807) is 50.4 Å². The Hall–Kier alpha value is -3.43. The van der Waals surface area contributed by atoms with Crippen molar-refractivity contribution in [1.82, 2.24) is 15.2 Å². The number of thiazole rings is 1. The normalized spacial score (nSPS) is 17.8. The molecule has 2 heterocycles. The number of rotatable bonds is 6. The zero-order chi connectivity index (χ0) is 23.8. The highest BCUT2D eigenvalue weighted by Gasteiger charge is 2.49. The minimum absolute atomic E-state index is 0.382. The number of amides is 4. The molecular weight excluding hydrogens is 464 g/mol. The van der Waals surface area contributed by atoms with Crippen molar-refractivity contribution >= 4 is 45.9 Å². The molecule has 8 nitrogen and oxygen atoms in total. The first kappa shape index (κ1) is 22.8. The van der Waals surface area contributed by atoms with Crippen LogP contribution in [0.15, 0.2) is 48.5 Å². The summed E-state index contributed by atoms with van der Waals surface area (Å²) in [6.07, 6.45) is 0. The van der Waals surface area contributed by atoms with E-state index >= 15 is 0 Å². The molecule has 33 heavy (non-hydrogen) atoms. The zero-order valence-electron chi connectivity index (χ0n) is 18.1. The summed E-state index contributed by atoms with van der Waals surface area (Å²) in [6.45, 7) is 3.08. The first-order valence-corrected chi connectivity index (χ1v) is 11.2. The van der Waals surface area contributed by atoms with Gasteiger partial charge in [-0.2, -0.15) is 0 Å². The molecule has 3 aromatic rings. The summed E-state index contributed by atoms with van der Waals surface area (Å²) in [4.78, 5) is 44.5. The fraction of sp³-hybridized carbons (Fsp3) is 0.217. The Kier molecular flexibility index (Phi) is 6.09. The van der Waals surface area contributed by atoms with Crippen LogP contribution in [0.3, 0.4) is 0 Å². The van der Waals surface area contributed by atoms with Crippen molar-refractivity contribution in [3.05, 3.63) is 64.0 Å². The van der Waals surface area contributed by atoms with E-state index in [0.717, 1.165) is 21.0 Å². The summed E-state index contributed by atoms with van der Waals surface area (Å²) in [5.41, 5.74) is 0.920. The number of anilines is 1. The number of halogens is 1. The Balaban J connectivity index is 1.46. The van der Waals surface area contributed by atoms with Crippen LogP contribution in [0.25, 0.3) is 11.3 Å². The lowest BCUT2D eigenvalue weighted by atomic mass is 9.92. The topological polar surface area (TPSA) is 101 Å². The maximum Gasteiger partial charge on any atom is 0.325 e. The third-order valence-electron chi connectivity index (χ3n) is 5.40. The number of aryl methyl sites for hydroxylation is 1. The molecule has 2 N–H and O–H groups in total. The molecule has 0 spiro atoms. The van der Waals surface area contributed by atoms with E-state index < -0.39 is 29.9 Å². The fourth-order valence-corrected chi connectivity index (χ4v) is 4.57. The second-order valence-electron chi connectivity index (χ2n) is 7.65. The summed E-state index contributed by atoms with van der Waals surface area (Å²) >= 11 is 7.25. The molecule has 4 amide bonds. The minimum atomic E-state index is -1.27. The summed E-state index contributed by atoms with van der Waals surface area (Å²) in [7, 11) is 1.54. The number of nitrogens with one attached hydrogen (secondary N) is 2. The quantitative estimate of drug-likeness (QED) is 0.511. The van der Waals surface area contributed by atoms with Crippen LogP contribution < -0.4 is 15.4 Å². The van der Waals surface area contributed by atoms with Gasteiger partial charge < -0.3 is 15.4 Å². The third-order valence-corrected chi connectivity index (χ3v) is 6.54. The number of benzene rings is 2. The minimum Gasteiger partial charge on any atom is -0.497 e. The van der Waals surface area contributed by atoms with Crippen LogP contribution in [0.4, 0.5) is 9.93 Å². The van der Waals surface area contributed by atoms with Crippen LogP contribution in [-0.4, -0.2) is 41.4 Å². The molecule has 2 aromatic carbocycles. The zero-order valence-corrected chi connectivity index (χ0v) is 19.7. The number of imide groups is 1. The van der Waals surface area contributed by atoms with Gasteiger partial charge in [-0.25, -0.2) is 9.78 Å². The van der Waals surface area contributed by atoms with Crippen molar-refractivity contribution in [2.75, 3.05) is 19.0 Å². The number of carbonyl (C=O) groups excluding carboxylic acids is 3. The lowest BCUT2D eigenvalue weighted by Crippen LogP contribution is -2.42. The van der Waals surface area contributed by atoms with Gasteiger partial charge >= 0.3 is 6.03 Å². The van der Waals surface area contributed by atoms with Crippen LogP contribution in [0, 0.1) is 6.92 Å². The SMILES string of the molecule is COc1ccc(C2(C)NC(=O)N(CC(=O)Nc3nc(-c4ccc(Cl)cc4)c(C)s3)C2=O)cc1. The van der Waals surface area contributed by atoms with E-state index in [1.807, 2.05) is 19.1 Å². The lowest BCUT2D eigenvalue weighted by molar-refractivity contribution is -0.133. The number of aromatic nitrogens is 1. The maximum atomic E-state index is 13.1. The molecule has 1 aromatic heterocycles. The molecule has 1 atom stereocenters. The lowest BCUT2D eigenvalue weighted by Gasteiger charge is -2.22. The van der Waals surface area contributed by atoms with Gasteiger partial charge in [-0.15, -0.1) is 11.3 Å². The molecule has 1 aliphatic rings. The van der Waals surface area contributed by atoms with Gasteiger partial charge in [0.2, 0.25) is 5.91 Å². The van der Waals surface area contributed by atoms with E-state index in [0.29, 0.717) is 21.5 Å². The third kappa shape index (κ3) is 4.42.